The van der Waals surface area contributed by atoms with Gasteiger partial charge < -0.3 is 15.2 Å². The zero-order chi connectivity index (χ0) is 11.1. The van der Waals surface area contributed by atoms with Gasteiger partial charge in [-0.1, -0.05) is 13.3 Å². The van der Waals surface area contributed by atoms with Crippen LogP contribution in [0.2, 0.25) is 0 Å². The van der Waals surface area contributed by atoms with Gasteiger partial charge in [-0.05, 0) is 32.2 Å². The number of aliphatic hydroxyl groups excluding tert-OH is 1. The van der Waals surface area contributed by atoms with E-state index in [9.17, 15) is 9.90 Å². The lowest BCUT2D eigenvalue weighted by atomic mass is 10.2. The van der Waals surface area contributed by atoms with Crippen LogP contribution in [0.1, 0.15) is 39.0 Å². The fourth-order valence-corrected chi connectivity index (χ4v) is 1.24. The summed E-state index contributed by atoms with van der Waals surface area (Å²) in [6.07, 6.45) is 3.77. The Labute approximate surface area is 91.0 Å². The number of esters is 1. The number of hydrogen-bond acceptors (Lipinski definition) is 4. The summed E-state index contributed by atoms with van der Waals surface area (Å²) in [5, 5.41) is 12.7. The summed E-state index contributed by atoms with van der Waals surface area (Å²) in [5.41, 5.74) is 0. The van der Waals surface area contributed by atoms with E-state index in [4.69, 9.17) is 4.74 Å². The second-order valence-electron chi connectivity index (χ2n) is 4.05. The normalized spacial score (nSPS) is 17.5. The molecule has 1 rings (SSSR count). The van der Waals surface area contributed by atoms with Crippen LogP contribution in [0.15, 0.2) is 0 Å². The van der Waals surface area contributed by atoms with Crippen LogP contribution >= 0.6 is 0 Å². The van der Waals surface area contributed by atoms with E-state index in [-0.39, 0.29) is 0 Å². The number of ether oxygens (including phenoxy) is 1. The van der Waals surface area contributed by atoms with E-state index in [2.05, 4.69) is 5.32 Å². The summed E-state index contributed by atoms with van der Waals surface area (Å²) >= 11 is 0. The average Bonchev–Trinajstić information content (AvgIpc) is 3.02. The molecule has 4 heteroatoms. The molecule has 1 aliphatic carbocycles. The fraction of sp³-hybridized carbons (Fsp3) is 0.909. The molecule has 1 fully saturated rings. The quantitative estimate of drug-likeness (QED) is 0.465. The largest absolute Gasteiger partial charge is 0.464 e. The molecule has 1 aliphatic rings. The van der Waals surface area contributed by atoms with E-state index in [0.29, 0.717) is 25.6 Å². The van der Waals surface area contributed by atoms with Crippen molar-refractivity contribution < 1.29 is 14.6 Å². The van der Waals surface area contributed by atoms with Crippen molar-refractivity contribution >= 4 is 5.97 Å². The Kier molecular flexibility index (Phi) is 5.65. The average molecular weight is 215 g/mol. The molecule has 0 aromatic heterocycles. The minimum absolute atomic E-state index is 0.419. The summed E-state index contributed by atoms with van der Waals surface area (Å²) in [7, 11) is 0. The molecule has 0 radical (unpaired) electrons. The van der Waals surface area contributed by atoms with Crippen molar-refractivity contribution in [2.24, 2.45) is 0 Å². The lowest BCUT2D eigenvalue weighted by Gasteiger charge is -2.10. The van der Waals surface area contributed by atoms with Gasteiger partial charge in [-0.2, -0.15) is 0 Å². The third-order valence-corrected chi connectivity index (χ3v) is 2.44. The SMILES string of the molecule is CCCCOC(=O)C(O)CCNC1CC1. The number of hydrogen-bond donors (Lipinski definition) is 2. The second-order valence-corrected chi connectivity index (χ2v) is 4.05. The van der Waals surface area contributed by atoms with Crippen LogP contribution in [0.3, 0.4) is 0 Å². The second kappa shape index (κ2) is 6.80. The van der Waals surface area contributed by atoms with E-state index < -0.39 is 12.1 Å². The molecule has 2 N–H and O–H groups in total. The predicted octanol–water partition coefficient (Wildman–Crippen LogP) is 0.833. The van der Waals surface area contributed by atoms with Crippen molar-refractivity contribution in [2.75, 3.05) is 13.2 Å². The maximum atomic E-state index is 11.2. The molecule has 0 saturated heterocycles. The number of carbonyl (C=O) groups is 1. The molecular formula is C11H21NO3. The molecule has 88 valence electrons. The van der Waals surface area contributed by atoms with E-state index >= 15 is 0 Å². The van der Waals surface area contributed by atoms with Crippen LogP contribution in [-0.2, 0) is 9.53 Å². The van der Waals surface area contributed by atoms with Gasteiger partial charge in [0.05, 0.1) is 6.61 Å². The Morgan fingerprint density at radius 1 is 1.60 bits per heavy atom. The first-order valence-electron chi connectivity index (χ1n) is 5.82. The topological polar surface area (TPSA) is 58.6 Å². The van der Waals surface area contributed by atoms with Gasteiger partial charge in [-0.25, -0.2) is 4.79 Å². The Morgan fingerprint density at radius 3 is 2.93 bits per heavy atom. The highest BCUT2D eigenvalue weighted by Gasteiger charge is 2.21. The van der Waals surface area contributed by atoms with Gasteiger partial charge >= 0.3 is 5.97 Å². The van der Waals surface area contributed by atoms with Crippen LogP contribution in [0, 0.1) is 0 Å². The van der Waals surface area contributed by atoms with Crippen LogP contribution in [-0.4, -0.2) is 36.4 Å². The number of carbonyl (C=O) groups excluding carboxylic acids is 1. The van der Waals surface area contributed by atoms with E-state index in [1.807, 2.05) is 6.92 Å². The lowest BCUT2D eigenvalue weighted by Crippen LogP contribution is -2.29. The predicted molar refractivity (Wildman–Crippen MR) is 57.5 cm³/mol. The number of nitrogens with one attached hydrogen (secondary N) is 1. The molecule has 0 heterocycles. The van der Waals surface area contributed by atoms with Crippen molar-refractivity contribution in [1.29, 1.82) is 0 Å². The van der Waals surface area contributed by atoms with Crippen molar-refractivity contribution in [3.8, 4) is 0 Å². The highest BCUT2D eigenvalue weighted by Crippen LogP contribution is 2.18. The molecule has 15 heavy (non-hydrogen) atoms. The minimum Gasteiger partial charge on any atom is -0.464 e. The first kappa shape index (κ1) is 12.5. The summed E-state index contributed by atoms with van der Waals surface area (Å²) < 4.78 is 4.90. The third-order valence-electron chi connectivity index (χ3n) is 2.44. The zero-order valence-electron chi connectivity index (χ0n) is 9.37. The van der Waals surface area contributed by atoms with Gasteiger partial charge in [0.15, 0.2) is 6.10 Å². The minimum atomic E-state index is -0.965. The molecule has 0 aromatic carbocycles. The summed E-state index contributed by atoms with van der Waals surface area (Å²) in [5.74, 6) is -0.485. The molecule has 0 spiro atoms. The first-order chi connectivity index (χ1) is 7.24. The lowest BCUT2D eigenvalue weighted by molar-refractivity contribution is -0.153. The number of rotatable bonds is 8. The highest BCUT2D eigenvalue weighted by atomic mass is 16.5. The molecule has 1 saturated carbocycles. The Morgan fingerprint density at radius 2 is 2.33 bits per heavy atom. The maximum absolute atomic E-state index is 11.2. The van der Waals surface area contributed by atoms with Crippen molar-refractivity contribution in [1.82, 2.24) is 5.32 Å². The Hall–Kier alpha value is -0.610. The van der Waals surface area contributed by atoms with E-state index in [1.165, 1.54) is 12.8 Å². The van der Waals surface area contributed by atoms with E-state index in [0.717, 1.165) is 12.8 Å². The van der Waals surface area contributed by atoms with Gasteiger partial charge in [0.25, 0.3) is 0 Å². The van der Waals surface area contributed by atoms with E-state index in [1.54, 1.807) is 0 Å². The summed E-state index contributed by atoms with van der Waals surface area (Å²) in [4.78, 5) is 11.2. The zero-order valence-corrected chi connectivity index (χ0v) is 9.37. The third kappa shape index (κ3) is 5.74. The van der Waals surface area contributed by atoms with Crippen LogP contribution < -0.4 is 5.32 Å². The van der Waals surface area contributed by atoms with Crippen molar-refractivity contribution in [3.05, 3.63) is 0 Å². The number of unbranched alkanes of at least 4 members (excludes halogenated alkanes) is 1. The van der Waals surface area contributed by atoms with Crippen molar-refractivity contribution in [3.63, 3.8) is 0 Å². The Balaban J connectivity index is 1.98. The standard InChI is InChI=1S/C11H21NO3/c1-2-3-8-15-11(14)10(13)6-7-12-9-4-5-9/h9-10,12-13H,2-8H2,1H3. The van der Waals surface area contributed by atoms with Gasteiger partial charge in [-0.15, -0.1) is 0 Å². The molecular weight excluding hydrogens is 194 g/mol. The first-order valence-corrected chi connectivity index (χ1v) is 5.82. The van der Waals surface area contributed by atoms with Gasteiger partial charge in [0.1, 0.15) is 0 Å². The maximum Gasteiger partial charge on any atom is 0.335 e. The molecule has 1 atom stereocenters. The fourth-order valence-electron chi connectivity index (χ4n) is 1.24. The molecule has 0 bridgehead atoms. The van der Waals surface area contributed by atoms with Gasteiger partial charge in [-0.3, -0.25) is 0 Å². The molecule has 0 amide bonds. The van der Waals surface area contributed by atoms with Crippen molar-refractivity contribution in [2.45, 2.75) is 51.2 Å². The molecule has 1 unspecified atom stereocenters. The summed E-state index contributed by atoms with van der Waals surface area (Å²) in [6, 6.07) is 0.619. The molecule has 4 nitrogen and oxygen atoms in total. The molecule has 0 aliphatic heterocycles. The highest BCUT2D eigenvalue weighted by molar-refractivity contribution is 5.74. The summed E-state index contributed by atoms with van der Waals surface area (Å²) in [6.45, 7) is 3.14. The van der Waals surface area contributed by atoms with Crippen LogP contribution in [0.25, 0.3) is 0 Å². The Bertz CT molecular complexity index is 192. The molecule has 0 aromatic rings. The van der Waals surface area contributed by atoms with Crippen LogP contribution in [0.4, 0.5) is 0 Å². The smallest absolute Gasteiger partial charge is 0.335 e. The van der Waals surface area contributed by atoms with Crippen LogP contribution in [0.5, 0.6) is 0 Å². The monoisotopic (exact) mass is 215 g/mol. The van der Waals surface area contributed by atoms with Gasteiger partial charge in [0, 0.05) is 6.04 Å². The number of aliphatic hydroxyl groups is 1. The van der Waals surface area contributed by atoms with Gasteiger partial charge in [0.2, 0.25) is 0 Å².